The summed E-state index contributed by atoms with van der Waals surface area (Å²) < 4.78 is 0. The SMILES string of the molecule is CCC1(C)CCCC(C)N1C. The van der Waals surface area contributed by atoms with Gasteiger partial charge in [0, 0.05) is 11.6 Å². The van der Waals surface area contributed by atoms with Crippen LogP contribution in [0.4, 0.5) is 0 Å². The van der Waals surface area contributed by atoms with Crippen LogP contribution in [0.5, 0.6) is 0 Å². The second-order valence-electron chi connectivity index (χ2n) is 4.20. The van der Waals surface area contributed by atoms with Crippen molar-refractivity contribution in [2.75, 3.05) is 7.05 Å². The zero-order chi connectivity index (χ0) is 8.48. The third kappa shape index (κ3) is 1.58. The molecule has 0 aromatic heterocycles. The average Bonchev–Trinajstić information content (AvgIpc) is 2.00. The molecule has 1 heteroatoms. The van der Waals surface area contributed by atoms with E-state index >= 15 is 0 Å². The van der Waals surface area contributed by atoms with Crippen molar-refractivity contribution in [3.63, 3.8) is 0 Å². The van der Waals surface area contributed by atoms with Crippen LogP contribution < -0.4 is 0 Å². The highest BCUT2D eigenvalue weighted by Crippen LogP contribution is 2.32. The number of hydrogen-bond donors (Lipinski definition) is 0. The van der Waals surface area contributed by atoms with E-state index in [1.165, 1.54) is 25.7 Å². The molecular weight excluding hydrogens is 134 g/mol. The van der Waals surface area contributed by atoms with Gasteiger partial charge in [0.1, 0.15) is 0 Å². The maximum Gasteiger partial charge on any atom is 0.0178 e. The van der Waals surface area contributed by atoms with Crippen LogP contribution in [0.15, 0.2) is 0 Å². The topological polar surface area (TPSA) is 3.24 Å². The number of nitrogens with zero attached hydrogens (tertiary/aromatic N) is 1. The lowest BCUT2D eigenvalue weighted by Crippen LogP contribution is -2.51. The fourth-order valence-corrected chi connectivity index (χ4v) is 2.11. The minimum absolute atomic E-state index is 0.484. The van der Waals surface area contributed by atoms with Crippen LogP contribution >= 0.6 is 0 Å². The van der Waals surface area contributed by atoms with E-state index < -0.39 is 0 Å². The van der Waals surface area contributed by atoms with E-state index in [0.29, 0.717) is 5.54 Å². The van der Waals surface area contributed by atoms with Gasteiger partial charge in [-0.25, -0.2) is 0 Å². The molecule has 11 heavy (non-hydrogen) atoms. The Bertz CT molecular complexity index is 133. The van der Waals surface area contributed by atoms with E-state index in [2.05, 4.69) is 32.7 Å². The summed E-state index contributed by atoms with van der Waals surface area (Å²) in [5.41, 5.74) is 0.484. The molecule has 0 aromatic rings. The van der Waals surface area contributed by atoms with E-state index in [0.717, 1.165) is 6.04 Å². The summed E-state index contributed by atoms with van der Waals surface area (Å²) in [6.45, 7) is 7.03. The van der Waals surface area contributed by atoms with Crippen molar-refractivity contribution in [1.82, 2.24) is 4.90 Å². The maximum atomic E-state index is 2.55. The van der Waals surface area contributed by atoms with Gasteiger partial charge in [0.05, 0.1) is 0 Å². The summed E-state index contributed by atoms with van der Waals surface area (Å²) in [6.07, 6.45) is 5.46. The van der Waals surface area contributed by atoms with Crippen molar-refractivity contribution in [3.05, 3.63) is 0 Å². The molecule has 1 fully saturated rings. The van der Waals surface area contributed by atoms with Gasteiger partial charge in [-0.05, 0) is 40.2 Å². The highest BCUT2D eigenvalue weighted by Gasteiger charge is 2.33. The Hall–Kier alpha value is -0.0400. The standard InChI is InChI=1S/C10H21N/c1-5-10(3)8-6-7-9(2)11(10)4/h9H,5-8H2,1-4H3. The van der Waals surface area contributed by atoms with Crippen LogP contribution in [0, 0.1) is 0 Å². The minimum Gasteiger partial charge on any atom is -0.298 e. The molecule has 0 N–H and O–H groups in total. The molecule has 1 aliphatic heterocycles. The van der Waals surface area contributed by atoms with E-state index in [-0.39, 0.29) is 0 Å². The molecule has 1 saturated heterocycles. The first-order valence-corrected chi connectivity index (χ1v) is 4.83. The molecule has 1 aliphatic rings. The summed E-state index contributed by atoms with van der Waals surface area (Å²) in [5, 5.41) is 0. The lowest BCUT2D eigenvalue weighted by atomic mass is 9.84. The Morgan fingerprint density at radius 2 is 2.18 bits per heavy atom. The summed E-state index contributed by atoms with van der Waals surface area (Å²) in [5.74, 6) is 0. The summed E-state index contributed by atoms with van der Waals surface area (Å²) in [7, 11) is 2.27. The molecule has 1 heterocycles. The molecule has 0 aliphatic carbocycles. The Kier molecular flexibility index (Phi) is 2.58. The van der Waals surface area contributed by atoms with E-state index in [9.17, 15) is 0 Å². The molecule has 0 saturated carbocycles. The largest absolute Gasteiger partial charge is 0.298 e. The molecule has 0 amide bonds. The molecule has 2 atom stereocenters. The lowest BCUT2D eigenvalue weighted by Gasteiger charge is -2.46. The van der Waals surface area contributed by atoms with E-state index in [1.807, 2.05) is 0 Å². The van der Waals surface area contributed by atoms with Gasteiger partial charge in [-0.15, -0.1) is 0 Å². The highest BCUT2D eigenvalue weighted by atomic mass is 15.2. The van der Waals surface area contributed by atoms with Crippen molar-refractivity contribution in [2.45, 2.75) is 58.0 Å². The molecule has 0 spiro atoms. The van der Waals surface area contributed by atoms with E-state index in [1.54, 1.807) is 0 Å². The number of likely N-dealkylation sites (tertiary alicyclic amines) is 1. The van der Waals surface area contributed by atoms with Gasteiger partial charge in [-0.3, -0.25) is 4.90 Å². The third-order valence-corrected chi connectivity index (χ3v) is 3.61. The number of hydrogen-bond acceptors (Lipinski definition) is 1. The third-order valence-electron chi connectivity index (χ3n) is 3.61. The first kappa shape index (κ1) is 9.05. The predicted octanol–water partition coefficient (Wildman–Crippen LogP) is 2.66. The number of rotatable bonds is 1. The molecule has 0 aromatic carbocycles. The number of piperidine rings is 1. The van der Waals surface area contributed by atoms with Crippen molar-refractivity contribution in [2.24, 2.45) is 0 Å². The van der Waals surface area contributed by atoms with Gasteiger partial charge in [0.25, 0.3) is 0 Å². The van der Waals surface area contributed by atoms with Gasteiger partial charge < -0.3 is 0 Å². The van der Waals surface area contributed by atoms with Crippen LogP contribution in [0.25, 0.3) is 0 Å². The van der Waals surface area contributed by atoms with Crippen molar-refractivity contribution >= 4 is 0 Å². The first-order chi connectivity index (χ1) is 5.10. The zero-order valence-electron chi connectivity index (χ0n) is 8.35. The smallest absolute Gasteiger partial charge is 0.0178 e. The predicted molar refractivity (Wildman–Crippen MR) is 49.8 cm³/mol. The van der Waals surface area contributed by atoms with Gasteiger partial charge >= 0.3 is 0 Å². The fraction of sp³-hybridized carbons (Fsp3) is 1.00. The quantitative estimate of drug-likeness (QED) is 0.562. The summed E-state index contributed by atoms with van der Waals surface area (Å²) in [6, 6.07) is 0.786. The molecule has 1 nitrogen and oxygen atoms in total. The van der Waals surface area contributed by atoms with Gasteiger partial charge in [0.2, 0.25) is 0 Å². The Morgan fingerprint density at radius 1 is 1.55 bits per heavy atom. The highest BCUT2D eigenvalue weighted by molar-refractivity contribution is 4.89. The Morgan fingerprint density at radius 3 is 2.64 bits per heavy atom. The lowest BCUT2D eigenvalue weighted by molar-refractivity contribution is 0.0421. The molecular formula is C10H21N. The van der Waals surface area contributed by atoms with Gasteiger partial charge in [-0.1, -0.05) is 13.3 Å². The normalized spacial score (nSPS) is 40.9. The van der Waals surface area contributed by atoms with Crippen LogP contribution in [0.2, 0.25) is 0 Å². The Balaban J connectivity index is 2.64. The van der Waals surface area contributed by atoms with Crippen LogP contribution in [0.3, 0.4) is 0 Å². The maximum absolute atomic E-state index is 2.55. The monoisotopic (exact) mass is 155 g/mol. The molecule has 0 bridgehead atoms. The van der Waals surface area contributed by atoms with Crippen molar-refractivity contribution < 1.29 is 0 Å². The van der Waals surface area contributed by atoms with Crippen molar-refractivity contribution in [3.8, 4) is 0 Å². The summed E-state index contributed by atoms with van der Waals surface area (Å²) >= 11 is 0. The molecule has 1 rings (SSSR count). The minimum atomic E-state index is 0.484. The summed E-state index contributed by atoms with van der Waals surface area (Å²) in [4.78, 5) is 2.55. The van der Waals surface area contributed by atoms with Gasteiger partial charge in [0.15, 0.2) is 0 Å². The second kappa shape index (κ2) is 3.14. The molecule has 0 radical (unpaired) electrons. The Labute approximate surface area is 70.8 Å². The van der Waals surface area contributed by atoms with Gasteiger partial charge in [-0.2, -0.15) is 0 Å². The second-order valence-corrected chi connectivity index (χ2v) is 4.20. The fourth-order valence-electron chi connectivity index (χ4n) is 2.11. The molecule has 2 unspecified atom stereocenters. The van der Waals surface area contributed by atoms with Crippen molar-refractivity contribution in [1.29, 1.82) is 0 Å². The van der Waals surface area contributed by atoms with E-state index in [4.69, 9.17) is 0 Å². The molecule has 66 valence electrons. The van der Waals surface area contributed by atoms with Crippen LogP contribution in [-0.4, -0.2) is 23.5 Å². The average molecular weight is 155 g/mol. The van der Waals surface area contributed by atoms with Crippen LogP contribution in [-0.2, 0) is 0 Å². The first-order valence-electron chi connectivity index (χ1n) is 4.83. The zero-order valence-corrected chi connectivity index (χ0v) is 8.35. The van der Waals surface area contributed by atoms with Crippen LogP contribution in [0.1, 0.15) is 46.5 Å².